The summed E-state index contributed by atoms with van der Waals surface area (Å²) in [6.07, 6.45) is 1.41. The van der Waals surface area contributed by atoms with Crippen LogP contribution in [-0.4, -0.2) is 28.3 Å². The van der Waals surface area contributed by atoms with Gasteiger partial charge in [0.1, 0.15) is 0 Å². The van der Waals surface area contributed by atoms with Crippen molar-refractivity contribution in [3.8, 4) is 0 Å². The van der Waals surface area contributed by atoms with Gasteiger partial charge < -0.3 is 25.2 Å². The molecule has 0 bridgehead atoms. The highest BCUT2D eigenvalue weighted by Gasteiger charge is 2.02. The molecule has 6 nitrogen and oxygen atoms in total. The van der Waals surface area contributed by atoms with Crippen LogP contribution >= 0.6 is 0 Å². The third-order valence-electron chi connectivity index (χ3n) is 1.94. The number of aliphatic carboxylic acids is 2. The van der Waals surface area contributed by atoms with Crippen molar-refractivity contribution in [3.05, 3.63) is 11.8 Å². The Hall–Kier alpha value is -1.56. The first kappa shape index (κ1) is 14.4. The van der Waals surface area contributed by atoms with E-state index in [2.05, 4.69) is 0 Å². The first-order valence-electron chi connectivity index (χ1n) is 4.93. The quantitative estimate of drug-likeness (QED) is 0.293. The monoisotopic (exact) mass is 230 g/mol. The zero-order chi connectivity index (χ0) is 12.6. The molecule has 0 aliphatic heterocycles. The van der Waals surface area contributed by atoms with Crippen LogP contribution in [0.25, 0.3) is 0 Å². The minimum Gasteiger partial charge on any atom is -0.868 e. The lowest BCUT2D eigenvalue weighted by Crippen LogP contribution is -2.21. The van der Waals surface area contributed by atoms with E-state index in [1.807, 2.05) is 0 Å². The highest BCUT2D eigenvalue weighted by Crippen LogP contribution is 2.07. The molecule has 0 spiro atoms. The molecule has 1 unspecified atom stereocenters. The lowest BCUT2D eigenvalue weighted by atomic mass is 10.1. The average molecular weight is 230 g/mol. The smallest absolute Gasteiger partial charge is 0.320 e. The van der Waals surface area contributed by atoms with Gasteiger partial charge in [0.25, 0.3) is 0 Å². The van der Waals surface area contributed by atoms with Gasteiger partial charge in [-0.25, -0.2) is 4.79 Å². The minimum absolute atomic E-state index is 0.0339. The second-order valence-corrected chi connectivity index (χ2v) is 3.37. The van der Waals surface area contributed by atoms with Crippen molar-refractivity contribution in [2.75, 3.05) is 0 Å². The number of unbranched alkanes of at least 4 members (excludes halogenated alkanes) is 2. The summed E-state index contributed by atoms with van der Waals surface area (Å²) < 4.78 is 0. The molecule has 0 radical (unpaired) electrons. The zero-order valence-electron chi connectivity index (χ0n) is 8.72. The third-order valence-corrected chi connectivity index (χ3v) is 1.94. The highest BCUT2D eigenvalue weighted by molar-refractivity contribution is 5.83. The van der Waals surface area contributed by atoms with Gasteiger partial charge in [0.15, 0.2) is 0 Å². The van der Waals surface area contributed by atoms with Crippen LogP contribution in [0, 0.1) is 0 Å². The molecule has 0 saturated heterocycles. The summed E-state index contributed by atoms with van der Waals surface area (Å²) >= 11 is 0. The van der Waals surface area contributed by atoms with Gasteiger partial charge in [0.05, 0.1) is 6.10 Å². The van der Waals surface area contributed by atoms with E-state index in [1.165, 1.54) is 0 Å². The molecule has 0 saturated carbocycles. The Morgan fingerprint density at radius 3 is 2.31 bits per heavy atom. The molecule has 0 aromatic carbocycles. The fraction of sp³-hybridized carbons (Fsp3) is 0.600. The van der Waals surface area contributed by atoms with Gasteiger partial charge in [-0.2, -0.15) is 0 Å². The number of rotatable bonds is 8. The molecular weight excluding hydrogens is 216 g/mol. The van der Waals surface area contributed by atoms with Gasteiger partial charge in [-0.05, 0) is 25.0 Å². The molecule has 0 fully saturated rings. The molecule has 0 heterocycles. The van der Waals surface area contributed by atoms with Crippen molar-refractivity contribution in [1.82, 2.24) is 0 Å². The number of carboxylic acid groups (broad SMARTS) is 2. The van der Waals surface area contributed by atoms with Crippen LogP contribution in [0.15, 0.2) is 11.8 Å². The topological polar surface area (TPSA) is 121 Å². The molecule has 16 heavy (non-hydrogen) atoms. The number of aliphatic hydroxyl groups is 1. The molecule has 0 aromatic heterocycles. The van der Waals surface area contributed by atoms with Crippen LogP contribution in [-0.2, 0) is 9.59 Å². The SMILES string of the molecule is O=C([O-])CCCCCC(O)/C=C(/[O-])C(=O)O. The predicted octanol–water partition coefficient (Wildman–Crippen LogP) is -1.62. The van der Waals surface area contributed by atoms with E-state index in [4.69, 9.17) is 5.11 Å². The summed E-state index contributed by atoms with van der Waals surface area (Å²) in [6.45, 7) is 0. The van der Waals surface area contributed by atoms with Crippen LogP contribution in [0.5, 0.6) is 0 Å². The van der Waals surface area contributed by atoms with Gasteiger partial charge in [0, 0.05) is 5.97 Å². The summed E-state index contributed by atoms with van der Waals surface area (Å²) in [6, 6.07) is 0. The molecule has 0 amide bonds. The van der Waals surface area contributed by atoms with Crippen LogP contribution in [0.3, 0.4) is 0 Å². The van der Waals surface area contributed by atoms with Crippen LogP contribution in [0.1, 0.15) is 32.1 Å². The number of hydrogen-bond donors (Lipinski definition) is 2. The summed E-state index contributed by atoms with van der Waals surface area (Å²) in [5.74, 6) is -3.86. The van der Waals surface area contributed by atoms with Gasteiger partial charge in [-0.3, -0.25) is 0 Å². The van der Waals surface area contributed by atoms with Crippen molar-refractivity contribution < 1.29 is 30.0 Å². The fourth-order valence-electron chi connectivity index (χ4n) is 1.13. The predicted molar refractivity (Wildman–Crippen MR) is 49.8 cm³/mol. The van der Waals surface area contributed by atoms with E-state index >= 15 is 0 Å². The van der Waals surface area contributed by atoms with Crippen LogP contribution < -0.4 is 10.2 Å². The van der Waals surface area contributed by atoms with E-state index < -0.39 is 23.8 Å². The van der Waals surface area contributed by atoms with E-state index in [0.29, 0.717) is 19.3 Å². The highest BCUT2D eigenvalue weighted by atomic mass is 16.4. The van der Waals surface area contributed by atoms with Gasteiger partial charge in [0.2, 0.25) is 0 Å². The molecule has 1 atom stereocenters. The Morgan fingerprint density at radius 1 is 1.19 bits per heavy atom. The first-order valence-corrected chi connectivity index (χ1v) is 4.93. The largest absolute Gasteiger partial charge is 0.868 e. The van der Waals surface area contributed by atoms with Crippen molar-refractivity contribution in [1.29, 1.82) is 0 Å². The first-order chi connectivity index (χ1) is 7.43. The Balaban J connectivity index is 3.66. The van der Waals surface area contributed by atoms with E-state index in [-0.39, 0.29) is 12.8 Å². The Morgan fingerprint density at radius 2 is 1.81 bits per heavy atom. The van der Waals surface area contributed by atoms with Crippen LogP contribution in [0.4, 0.5) is 0 Å². The Labute approximate surface area is 92.8 Å². The molecule has 6 heteroatoms. The number of aliphatic hydroxyl groups excluding tert-OH is 1. The lowest BCUT2D eigenvalue weighted by molar-refractivity contribution is -0.305. The minimum atomic E-state index is -1.60. The molecular formula is C10H14O6-2. The fourth-order valence-corrected chi connectivity index (χ4v) is 1.13. The summed E-state index contributed by atoms with van der Waals surface area (Å²) in [5.41, 5.74) is 0. The lowest BCUT2D eigenvalue weighted by Gasteiger charge is -2.10. The standard InChI is InChI=1S/C10H16O6/c11-7(6-8(12)10(15)16)4-2-1-3-5-9(13)14/h6-7,11-12H,1-5H2,(H,13,14)(H,15,16)/p-2/b8-6+. The summed E-state index contributed by atoms with van der Waals surface area (Å²) in [7, 11) is 0. The Bertz CT molecular complexity index is 270. The zero-order valence-corrected chi connectivity index (χ0v) is 8.72. The van der Waals surface area contributed by atoms with Crippen molar-refractivity contribution in [2.45, 2.75) is 38.2 Å². The average Bonchev–Trinajstić information content (AvgIpc) is 2.16. The van der Waals surface area contributed by atoms with Crippen molar-refractivity contribution >= 4 is 11.9 Å². The van der Waals surface area contributed by atoms with Gasteiger partial charge >= 0.3 is 5.97 Å². The van der Waals surface area contributed by atoms with Crippen molar-refractivity contribution in [3.63, 3.8) is 0 Å². The second kappa shape index (κ2) is 7.70. The molecule has 0 rings (SSSR count). The molecule has 0 aliphatic rings. The molecule has 2 N–H and O–H groups in total. The van der Waals surface area contributed by atoms with E-state index in [1.54, 1.807) is 0 Å². The van der Waals surface area contributed by atoms with Crippen molar-refractivity contribution in [2.24, 2.45) is 0 Å². The third kappa shape index (κ3) is 7.81. The molecule has 0 aliphatic carbocycles. The maximum Gasteiger partial charge on any atom is 0.320 e. The van der Waals surface area contributed by atoms with E-state index in [0.717, 1.165) is 6.08 Å². The molecule has 92 valence electrons. The summed E-state index contributed by atoms with van der Waals surface area (Å²) in [4.78, 5) is 20.2. The van der Waals surface area contributed by atoms with E-state index in [9.17, 15) is 24.9 Å². The second-order valence-electron chi connectivity index (χ2n) is 3.37. The van der Waals surface area contributed by atoms with Gasteiger partial charge in [-0.15, -0.1) is 0 Å². The number of carbonyl (C=O) groups is 2. The Kier molecular flexibility index (Phi) is 6.95. The maximum atomic E-state index is 10.6. The molecule has 0 aromatic rings. The number of hydrogen-bond acceptors (Lipinski definition) is 5. The normalized spacial score (nSPS) is 13.4. The number of carboxylic acids is 2. The maximum absolute atomic E-state index is 10.6. The van der Waals surface area contributed by atoms with Gasteiger partial charge in [-0.1, -0.05) is 18.9 Å². The summed E-state index contributed by atoms with van der Waals surface area (Å²) in [5, 5.41) is 38.1. The number of carbonyl (C=O) groups excluding carboxylic acids is 1. The van der Waals surface area contributed by atoms with Crippen LogP contribution in [0.2, 0.25) is 0 Å².